The number of aryl methyl sites for hydroxylation is 1. The van der Waals surface area contributed by atoms with E-state index in [-0.39, 0.29) is 17.1 Å². The van der Waals surface area contributed by atoms with Gasteiger partial charge in [-0.05, 0) is 60.6 Å². The van der Waals surface area contributed by atoms with Gasteiger partial charge in [0.05, 0.1) is 18.6 Å². The van der Waals surface area contributed by atoms with Crippen LogP contribution in [0, 0.1) is 16.7 Å². The third kappa shape index (κ3) is 2.47. The van der Waals surface area contributed by atoms with Gasteiger partial charge in [0.15, 0.2) is 5.78 Å². The second-order valence-electron chi connectivity index (χ2n) is 8.32. The molecule has 3 rings (SSSR count). The van der Waals surface area contributed by atoms with Crippen molar-refractivity contribution < 1.29 is 19.4 Å². The summed E-state index contributed by atoms with van der Waals surface area (Å²) >= 11 is 0. The van der Waals surface area contributed by atoms with E-state index in [1.807, 2.05) is 26.8 Å². The third-order valence-corrected chi connectivity index (χ3v) is 6.62. The largest absolute Gasteiger partial charge is 0.472 e. The summed E-state index contributed by atoms with van der Waals surface area (Å²) < 4.78 is 5.14. The molecule has 1 heterocycles. The molecule has 4 heteroatoms. The zero-order valence-corrected chi connectivity index (χ0v) is 15.0. The molecule has 2 aliphatic carbocycles. The van der Waals surface area contributed by atoms with Gasteiger partial charge in [-0.3, -0.25) is 4.79 Å². The van der Waals surface area contributed by atoms with Crippen molar-refractivity contribution in [2.75, 3.05) is 0 Å². The molecule has 0 radical (unpaired) electrons. The Morgan fingerprint density at radius 1 is 1.25 bits per heavy atom. The maximum Gasteiger partial charge on any atom is 0.187 e. The Balaban J connectivity index is 2.01. The van der Waals surface area contributed by atoms with E-state index in [2.05, 4.69) is 6.92 Å². The highest BCUT2D eigenvalue weighted by Crippen LogP contribution is 2.59. The Hall–Kier alpha value is -1.39. The normalized spacial score (nSPS) is 35.9. The van der Waals surface area contributed by atoms with Gasteiger partial charge in [0, 0.05) is 5.92 Å². The molecule has 4 nitrogen and oxygen atoms in total. The highest BCUT2D eigenvalue weighted by Gasteiger charge is 2.59. The van der Waals surface area contributed by atoms with Crippen molar-refractivity contribution >= 4 is 5.78 Å². The zero-order valence-electron chi connectivity index (χ0n) is 15.0. The standard InChI is InChI=1S/C20H28O4/c1-12-14(6-5-13-8-10-24-11-13)20(4)9-7-15(21)19(2,3)18(20)17(23)16(12)22/h8,10-11,15,17-18,21,23H,5-7,9H2,1-4H3/t15-,17-,18+,20-/m1/s1. The molecule has 2 aliphatic rings. The molecule has 0 amide bonds. The van der Waals surface area contributed by atoms with Crippen LogP contribution in [0.15, 0.2) is 34.2 Å². The van der Waals surface area contributed by atoms with Crippen LogP contribution in [0.2, 0.25) is 0 Å². The number of carbonyl (C=O) groups excluding carboxylic acids is 1. The van der Waals surface area contributed by atoms with Crippen LogP contribution in [0.25, 0.3) is 0 Å². The predicted molar refractivity (Wildman–Crippen MR) is 91.4 cm³/mol. The van der Waals surface area contributed by atoms with Gasteiger partial charge in [-0.2, -0.15) is 0 Å². The maximum absolute atomic E-state index is 12.7. The molecule has 0 saturated heterocycles. The molecule has 2 N–H and O–H groups in total. The Labute approximate surface area is 143 Å². The van der Waals surface area contributed by atoms with Gasteiger partial charge < -0.3 is 14.6 Å². The first kappa shape index (κ1) is 17.4. The summed E-state index contributed by atoms with van der Waals surface area (Å²) in [6.07, 6.45) is 4.97. The molecule has 0 bridgehead atoms. The molecule has 1 aromatic rings. The lowest BCUT2D eigenvalue weighted by Crippen LogP contribution is -2.59. The van der Waals surface area contributed by atoms with E-state index in [9.17, 15) is 15.0 Å². The first-order chi connectivity index (χ1) is 11.2. The summed E-state index contributed by atoms with van der Waals surface area (Å²) in [5, 5.41) is 21.2. The topological polar surface area (TPSA) is 70.7 Å². The summed E-state index contributed by atoms with van der Waals surface area (Å²) in [5.74, 6) is -0.439. The highest BCUT2D eigenvalue weighted by molar-refractivity contribution is 6.00. The molecule has 0 spiro atoms. The number of allylic oxidation sites excluding steroid dienone is 1. The number of aliphatic hydroxyl groups excluding tert-OH is 2. The molecule has 0 aliphatic heterocycles. The molecular weight excluding hydrogens is 304 g/mol. The third-order valence-electron chi connectivity index (χ3n) is 6.62. The Bertz CT molecular complexity index is 655. The average molecular weight is 332 g/mol. The number of furan rings is 1. The fourth-order valence-corrected chi connectivity index (χ4v) is 5.21. The van der Waals surface area contributed by atoms with Gasteiger partial charge in [0.1, 0.15) is 6.10 Å². The van der Waals surface area contributed by atoms with E-state index in [1.165, 1.54) is 0 Å². The van der Waals surface area contributed by atoms with Crippen LogP contribution >= 0.6 is 0 Å². The predicted octanol–water partition coefficient (Wildman–Crippen LogP) is 3.28. The minimum atomic E-state index is -1.03. The molecule has 0 aromatic carbocycles. The van der Waals surface area contributed by atoms with E-state index in [0.29, 0.717) is 12.0 Å². The van der Waals surface area contributed by atoms with Crippen LogP contribution in [-0.2, 0) is 11.2 Å². The van der Waals surface area contributed by atoms with Crippen molar-refractivity contribution in [1.82, 2.24) is 0 Å². The highest BCUT2D eigenvalue weighted by atomic mass is 16.3. The molecular formula is C20H28O4. The lowest BCUT2D eigenvalue weighted by Gasteiger charge is -2.57. The number of carbonyl (C=O) groups is 1. The van der Waals surface area contributed by atoms with Gasteiger partial charge in [0.25, 0.3) is 0 Å². The van der Waals surface area contributed by atoms with E-state index in [0.717, 1.165) is 30.4 Å². The minimum Gasteiger partial charge on any atom is -0.472 e. The van der Waals surface area contributed by atoms with Crippen molar-refractivity contribution in [3.05, 3.63) is 35.3 Å². The number of Topliss-reactive ketones (excluding diaryl/α,β-unsaturated/α-hetero) is 1. The van der Waals surface area contributed by atoms with E-state index in [1.54, 1.807) is 12.5 Å². The summed E-state index contributed by atoms with van der Waals surface area (Å²) in [5.41, 5.74) is 2.21. The number of ketones is 1. The van der Waals surface area contributed by atoms with Crippen LogP contribution in [0.5, 0.6) is 0 Å². The van der Waals surface area contributed by atoms with Crippen LogP contribution in [0.3, 0.4) is 0 Å². The minimum absolute atomic E-state index is 0.179. The van der Waals surface area contributed by atoms with Crippen molar-refractivity contribution in [2.45, 2.75) is 65.6 Å². The number of hydrogen-bond donors (Lipinski definition) is 2. The van der Waals surface area contributed by atoms with Gasteiger partial charge in [-0.15, -0.1) is 0 Å². The number of rotatable bonds is 3. The van der Waals surface area contributed by atoms with Gasteiger partial charge in [-0.1, -0.05) is 26.3 Å². The van der Waals surface area contributed by atoms with Crippen molar-refractivity contribution in [1.29, 1.82) is 0 Å². The second kappa shape index (κ2) is 5.85. The maximum atomic E-state index is 12.7. The first-order valence-corrected chi connectivity index (χ1v) is 8.81. The number of hydrogen-bond acceptors (Lipinski definition) is 4. The first-order valence-electron chi connectivity index (χ1n) is 8.81. The van der Waals surface area contributed by atoms with Gasteiger partial charge >= 0.3 is 0 Å². The Morgan fingerprint density at radius 3 is 2.58 bits per heavy atom. The quantitative estimate of drug-likeness (QED) is 0.891. The van der Waals surface area contributed by atoms with Crippen molar-refractivity contribution in [3.8, 4) is 0 Å². The second-order valence-corrected chi connectivity index (χ2v) is 8.32. The monoisotopic (exact) mass is 332 g/mol. The molecule has 24 heavy (non-hydrogen) atoms. The summed E-state index contributed by atoms with van der Waals surface area (Å²) in [6, 6.07) is 1.95. The number of aliphatic hydroxyl groups is 2. The summed E-state index contributed by atoms with van der Waals surface area (Å²) in [4.78, 5) is 12.7. The Morgan fingerprint density at radius 2 is 1.96 bits per heavy atom. The smallest absolute Gasteiger partial charge is 0.187 e. The molecule has 1 fully saturated rings. The van der Waals surface area contributed by atoms with Gasteiger partial charge in [-0.25, -0.2) is 0 Å². The lowest BCUT2D eigenvalue weighted by atomic mass is 9.48. The fourth-order valence-electron chi connectivity index (χ4n) is 5.21. The SMILES string of the molecule is CC1=C(CCc2ccoc2)[C@@]2(C)CC[C@@H](O)C(C)(C)[C@@H]2[C@H](O)C1=O. The van der Waals surface area contributed by atoms with Crippen LogP contribution in [-0.4, -0.2) is 28.2 Å². The molecule has 4 atom stereocenters. The molecule has 0 unspecified atom stereocenters. The van der Waals surface area contributed by atoms with Crippen LogP contribution in [0.4, 0.5) is 0 Å². The zero-order chi connectivity index (χ0) is 17.7. The summed E-state index contributed by atoms with van der Waals surface area (Å²) in [6.45, 7) is 7.96. The lowest BCUT2D eigenvalue weighted by molar-refractivity contribution is -0.155. The van der Waals surface area contributed by atoms with Crippen molar-refractivity contribution in [3.63, 3.8) is 0 Å². The van der Waals surface area contributed by atoms with E-state index < -0.39 is 17.6 Å². The Kier molecular flexibility index (Phi) is 4.25. The van der Waals surface area contributed by atoms with E-state index >= 15 is 0 Å². The van der Waals surface area contributed by atoms with Crippen LogP contribution < -0.4 is 0 Å². The molecule has 1 saturated carbocycles. The van der Waals surface area contributed by atoms with Crippen molar-refractivity contribution in [2.24, 2.45) is 16.7 Å². The van der Waals surface area contributed by atoms with Gasteiger partial charge in [0.2, 0.25) is 0 Å². The van der Waals surface area contributed by atoms with Crippen LogP contribution in [0.1, 0.15) is 52.5 Å². The average Bonchev–Trinajstić information content (AvgIpc) is 3.02. The van der Waals surface area contributed by atoms with E-state index in [4.69, 9.17) is 4.42 Å². The fraction of sp³-hybridized carbons (Fsp3) is 0.650. The summed E-state index contributed by atoms with van der Waals surface area (Å²) in [7, 11) is 0. The number of fused-ring (bicyclic) bond motifs is 1. The molecule has 1 aromatic heterocycles. The molecule has 132 valence electrons.